The molecule has 0 radical (unpaired) electrons. The number of hydrogen-bond donors (Lipinski definition) is 1. The van der Waals surface area contributed by atoms with Crippen LogP contribution in [0, 0.1) is 11.7 Å². The first kappa shape index (κ1) is 14.4. The third-order valence-electron chi connectivity index (χ3n) is 3.52. The molecule has 19 heavy (non-hydrogen) atoms. The first-order valence-electron chi connectivity index (χ1n) is 6.41. The van der Waals surface area contributed by atoms with Gasteiger partial charge in [0.25, 0.3) is 0 Å². The molecule has 0 aromatic heterocycles. The zero-order valence-electron chi connectivity index (χ0n) is 11.0. The minimum Gasteiger partial charge on any atom is -0.306 e. The Kier molecular flexibility index (Phi) is 4.54. The minimum atomic E-state index is -3.52. The lowest BCUT2D eigenvalue weighted by Gasteiger charge is -2.28. The molecule has 0 bridgehead atoms. The molecular weight excluding hydrogens is 267 g/mol. The van der Waals surface area contributed by atoms with Gasteiger partial charge in [-0.25, -0.2) is 17.5 Å². The summed E-state index contributed by atoms with van der Waals surface area (Å²) in [4.78, 5) is 2.35. The molecule has 1 aromatic rings. The van der Waals surface area contributed by atoms with Crippen LogP contribution in [-0.4, -0.2) is 40.0 Å². The second kappa shape index (κ2) is 5.98. The fourth-order valence-corrected chi connectivity index (χ4v) is 3.31. The minimum absolute atomic E-state index is 0.113. The molecule has 0 aliphatic carbocycles. The number of piperidine rings is 1. The first-order valence-corrected chi connectivity index (χ1v) is 7.89. The summed E-state index contributed by atoms with van der Waals surface area (Å²) in [5, 5.41) is 0. The predicted octanol–water partition coefficient (Wildman–Crippen LogP) is 1.45. The van der Waals surface area contributed by atoms with Crippen LogP contribution in [-0.2, 0) is 10.0 Å². The molecule has 1 aliphatic heterocycles. The maximum absolute atomic E-state index is 12.8. The Bertz CT molecular complexity index is 508. The second-order valence-corrected chi connectivity index (χ2v) is 6.82. The predicted molar refractivity (Wildman–Crippen MR) is 71.8 cm³/mol. The zero-order valence-corrected chi connectivity index (χ0v) is 11.8. The van der Waals surface area contributed by atoms with Crippen molar-refractivity contribution < 1.29 is 12.8 Å². The molecular formula is C13H19FN2O2S. The van der Waals surface area contributed by atoms with Gasteiger partial charge in [-0.15, -0.1) is 0 Å². The van der Waals surface area contributed by atoms with Gasteiger partial charge < -0.3 is 4.90 Å². The Hall–Kier alpha value is -0.980. The molecule has 106 valence electrons. The Balaban J connectivity index is 1.92. The molecule has 1 aromatic carbocycles. The van der Waals surface area contributed by atoms with Crippen LogP contribution in [0.25, 0.3) is 0 Å². The van der Waals surface area contributed by atoms with Crippen molar-refractivity contribution in [3.05, 3.63) is 30.1 Å². The maximum Gasteiger partial charge on any atom is 0.240 e. The van der Waals surface area contributed by atoms with Crippen molar-refractivity contribution in [3.63, 3.8) is 0 Å². The molecule has 0 atom stereocenters. The van der Waals surface area contributed by atoms with E-state index in [1.165, 1.54) is 12.1 Å². The van der Waals surface area contributed by atoms with E-state index < -0.39 is 15.8 Å². The van der Waals surface area contributed by atoms with Crippen LogP contribution >= 0.6 is 0 Å². The van der Waals surface area contributed by atoms with Gasteiger partial charge in [0, 0.05) is 6.54 Å². The molecule has 1 N–H and O–H groups in total. The van der Waals surface area contributed by atoms with Gasteiger partial charge in [-0.1, -0.05) is 0 Å². The summed E-state index contributed by atoms with van der Waals surface area (Å²) in [5.74, 6) is -0.0549. The monoisotopic (exact) mass is 286 g/mol. The number of halogens is 1. The number of benzene rings is 1. The summed E-state index contributed by atoms with van der Waals surface area (Å²) >= 11 is 0. The van der Waals surface area contributed by atoms with E-state index in [1.54, 1.807) is 0 Å². The van der Waals surface area contributed by atoms with Gasteiger partial charge >= 0.3 is 0 Å². The van der Waals surface area contributed by atoms with Crippen LogP contribution in [0.4, 0.5) is 4.39 Å². The lowest BCUT2D eigenvalue weighted by Crippen LogP contribution is -2.36. The van der Waals surface area contributed by atoms with Crippen molar-refractivity contribution in [2.75, 3.05) is 26.7 Å². The molecule has 1 aliphatic rings. The number of nitrogens with one attached hydrogen (secondary N) is 1. The van der Waals surface area contributed by atoms with Crippen molar-refractivity contribution in [2.24, 2.45) is 5.92 Å². The average molecular weight is 286 g/mol. The maximum atomic E-state index is 12.8. The van der Waals surface area contributed by atoms with Gasteiger partial charge in [-0.3, -0.25) is 0 Å². The third kappa shape index (κ3) is 3.99. The summed E-state index contributed by atoms with van der Waals surface area (Å²) in [5.41, 5.74) is 0. The standard InChI is InChI=1S/C13H19FN2O2S/c1-16-8-6-11(7-9-16)10-15-19(17,18)13-4-2-12(14)3-5-13/h2-5,11,15H,6-10H2,1H3. The van der Waals surface area contributed by atoms with E-state index >= 15 is 0 Å². The Morgan fingerprint density at radius 2 is 1.84 bits per heavy atom. The number of sulfonamides is 1. The number of likely N-dealkylation sites (tertiary alicyclic amines) is 1. The highest BCUT2D eigenvalue weighted by Gasteiger charge is 2.20. The van der Waals surface area contributed by atoms with E-state index in [4.69, 9.17) is 0 Å². The van der Waals surface area contributed by atoms with Crippen molar-refractivity contribution in [1.82, 2.24) is 9.62 Å². The van der Waals surface area contributed by atoms with Gasteiger partial charge in [0.2, 0.25) is 10.0 Å². The number of hydrogen-bond acceptors (Lipinski definition) is 3. The van der Waals surface area contributed by atoms with Crippen LogP contribution in [0.3, 0.4) is 0 Å². The summed E-state index contributed by atoms with van der Waals surface area (Å²) < 4.78 is 39.4. The lowest BCUT2D eigenvalue weighted by atomic mass is 9.98. The number of rotatable bonds is 4. The molecule has 0 amide bonds. The normalized spacial score (nSPS) is 18.6. The summed E-state index contributed by atoms with van der Waals surface area (Å²) in [7, 11) is -1.45. The molecule has 0 saturated carbocycles. The highest BCUT2D eigenvalue weighted by molar-refractivity contribution is 7.89. The van der Waals surface area contributed by atoms with E-state index in [0.717, 1.165) is 38.1 Å². The van der Waals surface area contributed by atoms with Crippen molar-refractivity contribution in [1.29, 1.82) is 0 Å². The van der Waals surface area contributed by atoms with Crippen molar-refractivity contribution >= 4 is 10.0 Å². The average Bonchev–Trinajstić information content (AvgIpc) is 2.39. The smallest absolute Gasteiger partial charge is 0.240 e. The van der Waals surface area contributed by atoms with E-state index in [1.807, 2.05) is 0 Å². The van der Waals surface area contributed by atoms with Crippen LogP contribution in [0.2, 0.25) is 0 Å². The van der Waals surface area contributed by atoms with Crippen molar-refractivity contribution in [2.45, 2.75) is 17.7 Å². The van der Waals surface area contributed by atoms with E-state index in [-0.39, 0.29) is 4.90 Å². The van der Waals surface area contributed by atoms with Crippen LogP contribution in [0.5, 0.6) is 0 Å². The zero-order chi connectivity index (χ0) is 13.9. The molecule has 6 heteroatoms. The quantitative estimate of drug-likeness (QED) is 0.911. The lowest BCUT2D eigenvalue weighted by molar-refractivity contribution is 0.220. The summed E-state index contributed by atoms with van der Waals surface area (Å²) in [6.45, 7) is 2.46. The Morgan fingerprint density at radius 3 is 2.42 bits per heavy atom. The van der Waals surface area contributed by atoms with Crippen molar-refractivity contribution in [3.8, 4) is 0 Å². The topological polar surface area (TPSA) is 49.4 Å². The molecule has 2 rings (SSSR count). The summed E-state index contributed by atoms with van der Waals surface area (Å²) in [6, 6.07) is 4.88. The molecule has 0 unspecified atom stereocenters. The molecule has 4 nitrogen and oxygen atoms in total. The highest BCUT2D eigenvalue weighted by atomic mass is 32.2. The van der Waals surface area contributed by atoms with Crippen LogP contribution in [0.15, 0.2) is 29.2 Å². The summed E-state index contributed by atoms with van der Waals surface area (Å²) in [6.07, 6.45) is 2.00. The van der Waals surface area contributed by atoms with Crippen LogP contribution < -0.4 is 4.72 Å². The SMILES string of the molecule is CN1CCC(CNS(=O)(=O)c2ccc(F)cc2)CC1. The third-order valence-corrected chi connectivity index (χ3v) is 4.96. The fraction of sp³-hybridized carbons (Fsp3) is 0.538. The van der Waals surface area contributed by atoms with E-state index in [9.17, 15) is 12.8 Å². The Labute approximate surface area is 113 Å². The molecule has 1 fully saturated rings. The first-order chi connectivity index (χ1) is 8.97. The van der Waals surface area contributed by atoms with Gasteiger partial charge in [0.15, 0.2) is 0 Å². The Morgan fingerprint density at radius 1 is 1.26 bits per heavy atom. The fourth-order valence-electron chi connectivity index (χ4n) is 2.19. The largest absolute Gasteiger partial charge is 0.306 e. The van der Waals surface area contributed by atoms with Gasteiger partial charge in [-0.05, 0) is 63.2 Å². The molecule has 1 saturated heterocycles. The van der Waals surface area contributed by atoms with E-state index in [2.05, 4.69) is 16.7 Å². The molecule has 1 heterocycles. The number of nitrogens with zero attached hydrogens (tertiary/aromatic N) is 1. The van der Waals surface area contributed by atoms with Gasteiger partial charge in [0.1, 0.15) is 5.82 Å². The molecule has 0 spiro atoms. The van der Waals surface area contributed by atoms with Gasteiger partial charge in [-0.2, -0.15) is 0 Å². The van der Waals surface area contributed by atoms with Crippen LogP contribution in [0.1, 0.15) is 12.8 Å². The highest BCUT2D eigenvalue weighted by Crippen LogP contribution is 2.16. The second-order valence-electron chi connectivity index (χ2n) is 5.05. The van der Waals surface area contributed by atoms with Gasteiger partial charge in [0.05, 0.1) is 4.90 Å². The van der Waals surface area contributed by atoms with E-state index in [0.29, 0.717) is 12.5 Å².